The van der Waals surface area contributed by atoms with E-state index in [1.54, 1.807) is 24.3 Å². The maximum Gasteiger partial charge on any atom is 0.325 e. The predicted molar refractivity (Wildman–Crippen MR) is 90.9 cm³/mol. The number of nitrogens with zero attached hydrogens (tertiary/aromatic N) is 3. The van der Waals surface area contributed by atoms with Gasteiger partial charge in [-0.15, -0.1) is 0 Å². The topological polar surface area (TPSA) is 125 Å². The van der Waals surface area contributed by atoms with Crippen LogP contribution in [0.4, 0.5) is 26.4 Å². The maximum atomic E-state index is 13.0. The minimum atomic E-state index is -0.591. The van der Waals surface area contributed by atoms with Gasteiger partial charge in [0.2, 0.25) is 5.82 Å². The monoisotopic (exact) mass is 356 g/mol. The number of anilines is 2. The first-order chi connectivity index (χ1) is 12.7. The Morgan fingerprint density at radius 3 is 2.46 bits per heavy atom. The zero-order valence-electron chi connectivity index (χ0n) is 13.2. The molecule has 0 spiro atoms. The van der Waals surface area contributed by atoms with Crippen LogP contribution in [-0.4, -0.2) is 27.4 Å². The highest BCUT2D eigenvalue weighted by molar-refractivity contribution is 6.06. The van der Waals surface area contributed by atoms with Crippen molar-refractivity contribution in [3.05, 3.63) is 66.1 Å². The van der Waals surface area contributed by atoms with E-state index in [0.717, 1.165) is 0 Å². The summed E-state index contributed by atoms with van der Waals surface area (Å²) in [6, 6.07) is 13.4. The smallest absolute Gasteiger partial charge is 0.308 e. The molecule has 2 aromatic carbocycles. The van der Waals surface area contributed by atoms with Gasteiger partial charge in [0.25, 0.3) is 0 Å². The van der Waals surface area contributed by atoms with Gasteiger partial charge in [0.15, 0.2) is 11.5 Å². The highest BCUT2D eigenvalue weighted by Gasteiger charge is 2.18. The molecule has 1 aromatic heterocycles. The first kappa shape index (κ1) is 17.0. The largest absolute Gasteiger partial charge is 0.325 e. The number of hydrogen-bond acceptors (Lipinski definition) is 6. The van der Waals surface area contributed by atoms with E-state index >= 15 is 0 Å². The highest BCUT2D eigenvalue weighted by atomic mass is 19.1. The summed E-state index contributed by atoms with van der Waals surface area (Å²) < 4.78 is 17.6. The van der Waals surface area contributed by atoms with Gasteiger partial charge in [-0.3, -0.25) is 16.0 Å². The molecule has 0 unspecified atom stereocenters. The Kier molecular flexibility index (Phi) is 5.15. The Labute approximate surface area is 146 Å². The molecule has 0 aliphatic heterocycles. The molecule has 9 nitrogen and oxygen atoms in total. The van der Waals surface area contributed by atoms with E-state index in [1.807, 2.05) is 11.5 Å². The molecule has 4 N–H and O–H groups in total. The number of nitrogens with one attached hydrogen (secondary N) is 3. The van der Waals surface area contributed by atoms with Crippen LogP contribution < -0.4 is 16.1 Å². The van der Waals surface area contributed by atoms with Crippen LogP contribution in [0.3, 0.4) is 0 Å². The fourth-order valence-corrected chi connectivity index (χ4v) is 1.99. The molecule has 0 saturated heterocycles. The first-order valence-electron chi connectivity index (χ1n) is 7.36. The Morgan fingerprint density at radius 1 is 1.04 bits per heavy atom. The van der Waals surface area contributed by atoms with Crippen molar-refractivity contribution in [2.24, 2.45) is 4.99 Å². The van der Waals surface area contributed by atoms with E-state index in [9.17, 15) is 14.4 Å². The molecule has 3 rings (SSSR count). The van der Waals surface area contributed by atoms with Gasteiger partial charge in [0, 0.05) is 5.69 Å². The van der Waals surface area contributed by atoms with Crippen molar-refractivity contribution in [2.75, 3.05) is 10.6 Å². The third kappa shape index (κ3) is 4.19. The van der Waals surface area contributed by atoms with E-state index < -0.39 is 11.8 Å². The average molecular weight is 356 g/mol. The first-order valence-corrected chi connectivity index (χ1v) is 7.36. The Bertz CT molecular complexity index is 911. The zero-order valence-corrected chi connectivity index (χ0v) is 13.2. The minimum absolute atomic E-state index is 0.0416. The van der Waals surface area contributed by atoms with Crippen molar-refractivity contribution in [3.8, 4) is 0 Å². The minimum Gasteiger partial charge on any atom is -0.308 e. The number of rotatable bonds is 4. The van der Waals surface area contributed by atoms with Gasteiger partial charge in [-0.05, 0) is 46.7 Å². The number of benzene rings is 2. The molecule has 10 heteroatoms. The number of hydrogen-bond donors (Lipinski definition) is 4. The van der Waals surface area contributed by atoms with Gasteiger partial charge in [-0.2, -0.15) is 0 Å². The summed E-state index contributed by atoms with van der Waals surface area (Å²) >= 11 is 0. The molecule has 0 bridgehead atoms. The quantitative estimate of drug-likeness (QED) is 0.324. The average Bonchev–Trinajstić information content (AvgIpc) is 3.10. The van der Waals surface area contributed by atoms with Gasteiger partial charge in [-0.25, -0.2) is 18.8 Å². The number of aliphatic imine (C=N–C) groups is 1. The zero-order chi connectivity index (χ0) is 18.4. The van der Waals surface area contributed by atoms with E-state index in [1.165, 1.54) is 24.3 Å². The van der Waals surface area contributed by atoms with Crippen LogP contribution >= 0.6 is 0 Å². The van der Waals surface area contributed by atoms with Crippen LogP contribution in [0.2, 0.25) is 0 Å². The van der Waals surface area contributed by atoms with Crippen LogP contribution in [-0.2, 0) is 0 Å². The van der Waals surface area contributed by atoms with Gasteiger partial charge in [0.05, 0.1) is 5.69 Å². The van der Waals surface area contributed by atoms with Crippen LogP contribution in [0.5, 0.6) is 0 Å². The standard InChI is InChI=1S/C16H13FN6O3/c17-10-6-8-12(9-7-10)18-14(21-25)13-15(23-26-22-13)20-16(24)19-11-4-2-1-3-5-11/h1-9,25H,(H,18,21)(H2,19,20,23,24). The third-order valence-corrected chi connectivity index (χ3v) is 3.15. The summed E-state index contributed by atoms with van der Waals surface area (Å²) in [5.74, 6) is -0.640. The fraction of sp³-hybridized carbons (Fsp3) is 0. The molecule has 132 valence electrons. The van der Waals surface area contributed by atoms with E-state index in [0.29, 0.717) is 11.4 Å². The number of urea groups is 1. The summed E-state index contributed by atoms with van der Waals surface area (Å²) in [7, 11) is 0. The normalized spacial score (nSPS) is 11.1. The van der Waals surface area contributed by atoms with Crippen molar-refractivity contribution >= 4 is 29.1 Å². The van der Waals surface area contributed by atoms with Crippen molar-refractivity contribution in [2.45, 2.75) is 0 Å². The van der Waals surface area contributed by atoms with Gasteiger partial charge in [-0.1, -0.05) is 18.2 Å². The molecule has 3 aromatic rings. The van der Waals surface area contributed by atoms with Crippen molar-refractivity contribution in [1.29, 1.82) is 0 Å². The van der Waals surface area contributed by atoms with Crippen LogP contribution in [0.15, 0.2) is 64.2 Å². The summed E-state index contributed by atoms with van der Waals surface area (Å²) in [6.45, 7) is 0. The Morgan fingerprint density at radius 2 is 1.77 bits per heavy atom. The highest BCUT2D eigenvalue weighted by Crippen LogP contribution is 2.17. The number of amides is 2. The Hall–Kier alpha value is -3.79. The van der Waals surface area contributed by atoms with Crippen molar-refractivity contribution in [3.63, 3.8) is 0 Å². The van der Waals surface area contributed by atoms with Gasteiger partial charge in [0.1, 0.15) is 5.82 Å². The molecule has 0 aliphatic rings. The molecule has 26 heavy (non-hydrogen) atoms. The summed E-state index contributed by atoms with van der Waals surface area (Å²) in [4.78, 5) is 16.1. The number of carbonyl (C=O) groups excluding carboxylic acids is 1. The summed E-state index contributed by atoms with van der Waals surface area (Å²) in [5.41, 5.74) is 2.72. The molecule has 0 radical (unpaired) electrons. The molecule has 0 aliphatic carbocycles. The third-order valence-electron chi connectivity index (χ3n) is 3.15. The molecule has 0 atom stereocenters. The van der Waals surface area contributed by atoms with Gasteiger partial charge < -0.3 is 5.32 Å². The lowest BCUT2D eigenvalue weighted by Gasteiger charge is -2.06. The molecular formula is C16H13FN6O3. The second kappa shape index (κ2) is 7.85. The number of halogens is 1. The molecule has 1 heterocycles. The SMILES string of the molecule is O=C(Nc1ccccc1)Nc1nonc1C(=Nc1ccc(F)cc1)NO. The van der Waals surface area contributed by atoms with Crippen molar-refractivity contribution < 1.29 is 19.0 Å². The van der Waals surface area contributed by atoms with Crippen LogP contribution in [0.1, 0.15) is 5.69 Å². The fourth-order valence-electron chi connectivity index (χ4n) is 1.99. The van der Waals surface area contributed by atoms with Crippen LogP contribution in [0.25, 0.3) is 0 Å². The lowest BCUT2D eigenvalue weighted by Crippen LogP contribution is -2.25. The summed E-state index contributed by atoms with van der Waals surface area (Å²) in [6.07, 6.45) is 0. The second-order valence-electron chi connectivity index (χ2n) is 4.96. The second-order valence-corrected chi connectivity index (χ2v) is 4.96. The lowest BCUT2D eigenvalue weighted by atomic mass is 10.3. The summed E-state index contributed by atoms with van der Waals surface area (Å²) in [5, 5.41) is 21.5. The number of amidine groups is 1. The molecule has 0 fully saturated rings. The molecule has 0 saturated carbocycles. The number of para-hydroxylation sites is 1. The predicted octanol–water partition coefficient (Wildman–Crippen LogP) is 2.91. The van der Waals surface area contributed by atoms with Crippen molar-refractivity contribution in [1.82, 2.24) is 15.8 Å². The maximum absolute atomic E-state index is 13.0. The van der Waals surface area contributed by atoms with E-state index in [4.69, 9.17) is 0 Å². The van der Waals surface area contributed by atoms with E-state index in [2.05, 4.69) is 30.6 Å². The van der Waals surface area contributed by atoms with E-state index in [-0.39, 0.29) is 17.3 Å². The lowest BCUT2D eigenvalue weighted by molar-refractivity contribution is 0.234. The van der Waals surface area contributed by atoms with Crippen LogP contribution in [0, 0.1) is 5.82 Å². The number of hydroxylamine groups is 1. The number of aromatic nitrogens is 2. The Balaban J connectivity index is 1.78. The molecular weight excluding hydrogens is 343 g/mol. The number of carbonyl (C=O) groups is 1. The van der Waals surface area contributed by atoms with Gasteiger partial charge >= 0.3 is 6.03 Å². The molecule has 2 amide bonds.